The van der Waals surface area contributed by atoms with Crippen LogP contribution in [0.3, 0.4) is 0 Å². The van der Waals surface area contributed by atoms with E-state index in [1.165, 1.54) is 12.1 Å². The molecule has 0 aliphatic carbocycles. The van der Waals surface area contributed by atoms with E-state index in [-0.39, 0.29) is 16.3 Å². The van der Waals surface area contributed by atoms with Crippen molar-refractivity contribution in [2.45, 2.75) is 19.4 Å². The summed E-state index contributed by atoms with van der Waals surface area (Å²) < 4.78 is 13.4. The Balaban J connectivity index is 3.12. The topological polar surface area (TPSA) is 46.2 Å². The van der Waals surface area contributed by atoms with Gasteiger partial charge in [-0.05, 0) is 25.5 Å². The van der Waals surface area contributed by atoms with Crippen LogP contribution < -0.4 is 5.73 Å². The molecule has 0 fully saturated rings. The Bertz CT molecular complexity index is 392. The van der Waals surface area contributed by atoms with Crippen LogP contribution in [-0.4, -0.2) is 5.11 Å². The lowest BCUT2D eigenvalue weighted by molar-refractivity contribution is 0.449. The van der Waals surface area contributed by atoms with Gasteiger partial charge < -0.3 is 10.8 Å². The maximum atomic E-state index is 13.4. The molecular weight excluding hydrogens is 217 g/mol. The molecule has 4 heteroatoms. The maximum Gasteiger partial charge on any atom is 0.141 e. The Kier molecular flexibility index (Phi) is 3.72. The van der Waals surface area contributed by atoms with Crippen molar-refractivity contribution in [2.24, 2.45) is 5.73 Å². The zero-order chi connectivity index (χ0) is 11.6. The molecule has 0 radical (unpaired) electrons. The molecule has 0 aliphatic rings. The van der Waals surface area contributed by atoms with Gasteiger partial charge in [-0.25, -0.2) is 4.39 Å². The van der Waals surface area contributed by atoms with E-state index in [0.717, 1.165) is 5.57 Å². The highest BCUT2D eigenvalue weighted by atomic mass is 35.5. The van der Waals surface area contributed by atoms with Gasteiger partial charge in [-0.1, -0.05) is 17.2 Å². The fourth-order valence-corrected chi connectivity index (χ4v) is 1.55. The highest BCUT2D eigenvalue weighted by Gasteiger charge is 2.18. The largest absolute Gasteiger partial charge is 0.506 e. The van der Waals surface area contributed by atoms with Crippen LogP contribution in [0.4, 0.5) is 4.39 Å². The first-order chi connectivity index (χ1) is 6.93. The monoisotopic (exact) mass is 229 g/mol. The summed E-state index contributed by atoms with van der Waals surface area (Å²) in [6.45, 7) is 5.48. The SMILES string of the molecule is C=C(C)C[C@H](N)c1c(F)ccc(Cl)c1O. The molecule has 0 bridgehead atoms. The standard InChI is InChI=1S/C11H13ClFNO/c1-6(2)5-9(14)10-8(13)4-3-7(12)11(10)15/h3-4,9,15H,1,5,14H2,2H3/t9-/m0/s1. The lowest BCUT2D eigenvalue weighted by Crippen LogP contribution is -2.12. The predicted octanol–water partition coefficient (Wildman–Crippen LogP) is 3.15. The zero-order valence-electron chi connectivity index (χ0n) is 8.43. The van der Waals surface area contributed by atoms with Gasteiger partial charge >= 0.3 is 0 Å². The summed E-state index contributed by atoms with van der Waals surface area (Å²) in [6, 6.07) is 1.86. The van der Waals surface area contributed by atoms with E-state index in [9.17, 15) is 9.50 Å². The molecule has 2 nitrogen and oxygen atoms in total. The Labute approximate surface area is 93.2 Å². The third-order valence-corrected chi connectivity index (χ3v) is 2.36. The van der Waals surface area contributed by atoms with Gasteiger partial charge in [0, 0.05) is 11.6 Å². The smallest absolute Gasteiger partial charge is 0.141 e. The van der Waals surface area contributed by atoms with Gasteiger partial charge in [0.05, 0.1) is 5.02 Å². The molecule has 0 spiro atoms. The number of hydrogen-bond donors (Lipinski definition) is 2. The van der Waals surface area contributed by atoms with Crippen molar-refractivity contribution in [1.82, 2.24) is 0 Å². The molecule has 0 amide bonds. The van der Waals surface area contributed by atoms with E-state index in [2.05, 4.69) is 6.58 Å². The van der Waals surface area contributed by atoms with Gasteiger partial charge in [-0.15, -0.1) is 6.58 Å². The second-order valence-corrected chi connectivity index (χ2v) is 3.97. The van der Waals surface area contributed by atoms with Gasteiger partial charge in [0.25, 0.3) is 0 Å². The van der Waals surface area contributed by atoms with E-state index in [0.29, 0.717) is 6.42 Å². The number of benzene rings is 1. The van der Waals surface area contributed by atoms with Gasteiger partial charge in [-0.3, -0.25) is 0 Å². The highest BCUT2D eigenvalue weighted by Crippen LogP contribution is 2.34. The molecule has 0 aliphatic heterocycles. The Morgan fingerprint density at radius 2 is 2.27 bits per heavy atom. The second-order valence-electron chi connectivity index (χ2n) is 3.56. The van der Waals surface area contributed by atoms with Crippen molar-refractivity contribution < 1.29 is 9.50 Å². The first kappa shape index (κ1) is 12.0. The first-order valence-electron chi connectivity index (χ1n) is 4.50. The quantitative estimate of drug-likeness (QED) is 0.783. The number of nitrogens with two attached hydrogens (primary N) is 1. The number of rotatable bonds is 3. The zero-order valence-corrected chi connectivity index (χ0v) is 9.18. The third kappa shape index (κ3) is 2.70. The molecule has 0 heterocycles. The van der Waals surface area contributed by atoms with E-state index < -0.39 is 11.9 Å². The predicted molar refractivity (Wildman–Crippen MR) is 59.4 cm³/mol. The molecule has 82 valence electrons. The van der Waals surface area contributed by atoms with E-state index in [4.69, 9.17) is 17.3 Å². The summed E-state index contributed by atoms with van der Waals surface area (Å²) >= 11 is 5.67. The molecular formula is C11H13ClFNO. The number of phenolic OH excluding ortho intramolecular Hbond substituents is 1. The maximum absolute atomic E-state index is 13.4. The first-order valence-corrected chi connectivity index (χ1v) is 4.88. The van der Waals surface area contributed by atoms with Crippen LogP contribution in [0, 0.1) is 5.82 Å². The van der Waals surface area contributed by atoms with Gasteiger partial charge in [0.15, 0.2) is 0 Å². The molecule has 0 unspecified atom stereocenters. The summed E-state index contributed by atoms with van der Waals surface area (Å²) in [5, 5.41) is 9.68. The number of phenols is 1. The van der Waals surface area contributed by atoms with Crippen LogP contribution in [0.2, 0.25) is 5.02 Å². The van der Waals surface area contributed by atoms with Crippen molar-refractivity contribution in [3.63, 3.8) is 0 Å². The van der Waals surface area contributed by atoms with Crippen molar-refractivity contribution in [1.29, 1.82) is 0 Å². The number of halogens is 2. The fourth-order valence-electron chi connectivity index (χ4n) is 1.39. The molecule has 1 rings (SSSR count). The molecule has 1 aromatic rings. The van der Waals surface area contributed by atoms with Crippen LogP contribution in [0.15, 0.2) is 24.3 Å². The van der Waals surface area contributed by atoms with Crippen LogP contribution in [0.5, 0.6) is 5.75 Å². The van der Waals surface area contributed by atoms with Crippen molar-refractivity contribution in [3.05, 3.63) is 40.7 Å². The van der Waals surface area contributed by atoms with Crippen LogP contribution in [0.1, 0.15) is 24.9 Å². The molecule has 0 saturated heterocycles. The van der Waals surface area contributed by atoms with Gasteiger partial charge in [-0.2, -0.15) is 0 Å². The summed E-state index contributed by atoms with van der Waals surface area (Å²) in [6.07, 6.45) is 0.408. The van der Waals surface area contributed by atoms with E-state index in [1.807, 2.05) is 0 Å². The van der Waals surface area contributed by atoms with Crippen molar-refractivity contribution >= 4 is 11.6 Å². The summed E-state index contributed by atoms with van der Waals surface area (Å²) in [5.74, 6) is -0.837. The van der Waals surface area contributed by atoms with Gasteiger partial charge in [0.2, 0.25) is 0 Å². The van der Waals surface area contributed by atoms with Crippen LogP contribution in [-0.2, 0) is 0 Å². The third-order valence-electron chi connectivity index (χ3n) is 2.05. The van der Waals surface area contributed by atoms with Crippen LogP contribution in [0.25, 0.3) is 0 Å². The second kappa shape index (κ2) is 4.64. The van der Waals surface area contributed by atoms with Gasteiger partial charge in [0.1, 0.15) is 11.6 Å². The highest BCUT2D eigenvalue weighted by molar-refractivity contribution is 6.32. The molecule has 1 atom stereocenters. The minimum Gasteiger partial charge on any atom is -0.506 e. The molecule has 0 aromatic heterocycles. The Hall–Kier alpha value is -1.06. The Morgan fingerprint density at radius 3 is 2.80 bits per heavy atom. The minimum atomic E-state index is -0.624. The number of hydrogen-bond acceptors (Lipinski definition) is 2. The average molecular weight is 230 g/mol. The van der Waals surface area contributed by atoms with Crippen LogP contribution >= 0.6 is 11.6 Å². The Morgan fingerprint density at radius 1 is 1.67 bits per heavy atom. The lowest BCUT2D eigenvalue weighted by atomic mass is 10.00. The summed E-state index contributed by atoms with van der Waals surface area (Å²) in [4.78, 5) is 0. The minimum absolute atomic E-state index is 0.0468. The molecule has 0 saturated carbocycles. The summed E-state index contributed by atoms with van der Waals surface area (Å²) in [7, 11) is 0. The van der Waals surface area contributed by atoms with E-state index in [1.54, 1.807) is 6.92 Å². The average Bonchev–Trinajstić information content (AvgIpc) is 2.11. The van der Waals surface area contributed by atoms with Crippen molar-refractivity contribution in [2.75, 3.05) is 0 Å². The van der Waals surface area contributed by atoms with Crippen molar-refractivity contribution in [3.8, 4) is 5.75 Å². The fraction of sp³-hybridized carbons (Fsp3) is 0.273. The van der Waals surface area contributed by atoms with E-state index >= 15 is 0 Å². The normalized spacial score (nSPS) is 12.5. The summed E-state index contributed by atoms with van der Waals surface area (Å²) in [5.41, 5.74) is 6.61. The molecule has 3 N–H and O–H groups in total. The molecule has 1 aromatic carbocycles. The number of aromatic hydroxyl groups is 1. The lowest BCUT2D eigenvalue weighted by Gasteiger charge is -2.15. The molecule has 15 heavy (non-hydrogen) atoms.